The number of fused-ring (bicyclic) bond motifs is 1. The lowest BCUT2D eigenvalue weighted by Gasteiger charge is -2.27. The van der Waals surface area contributed by atoms with Gasteiger partial charge in [0.25, 0.3) is 5.91 Å². The Morgan fingerprint density at radius 3 is 2.33 bits per heavy atom. The van der Waals surface area contributed by atoms with Crippen LogP contribution < -0.4 is 10.6 Å². The third kappa shape index (κ3) is 5.48. The number of pyridine rings is 1. The fraction of sp³-hybridized carbons (Fsp3) is 0.133. The van der Waals surface area contributed by atoms with E-state index >= 15 is 0 Å². The van der Waals surface area contributed by atoms with Gasteiger partial charge in [0.15, 0.2) is 11.6 Å². The van der Waals surface area contributed by atoms with Gasteiger partial charge in [-0.2, -0.15) is 0 Å². The maximum Gasteiger partial charge on any atom is 0.269 e. The van der Waals surface area contributed by atoms with Gasteiger partial charge in [-0.25, -0.2) is 18.2 Å². The topological polar surface area (TPSA) is 104 Å². The molecular weight excluding hydrogens is 521 g/mol. The zero-order valence-corrected chi connectivity index (χ0v) is 20.9. The van der Waals surface area contributed by atoms with Gasteiger partial charge in [-0.15, -0.1) is 0 Å². The number of aliphatic imine (C=N–C) groups is 1. The second kappa shape index (κ2) is 11.5. The van der Waals surface area contributed by atoms with Gasteiger partial charge in [0.2, 0.25) is 12.1 Å². The SMILES string of the molecule is O=C1Nc2ccccc2C(c2ccncc2)=NC1NC(=O)[C@H](c1ccc(F)cc1)[C@@H](CO)c1ccc(F)c(F)c1. The molecule has 2 heterocycles. The van der Waals surface area contributed by atoms with Crippen molar-refractivity contribution >= 4 is 23.2 Å². The number of carbonyl (C=O) groups is 2. The molecule has 0 saturated heterocycles. The summed E-state index contributed by atoms with van der Waals surface area (Å²) >= 11 is 0. The van der Waals surface area contributed by atoms with Crippen LogP contribution in [0.5, 0.6) is 0 Å². The van der Waals surface area contributed by atoms with E-state index in [1.165, 1.54) is 18.2 Å². The average molecular weight is 545 g/mol. The van der Waals surface area contributed by atoms with Crippen molar-refractivity contribution in [1.82, 2.24) is 10.3 Å². The summed E-state index contributed by atoms with van der Waals surface area (Å²) in [5.74, 6) is -6.42. The molecule has 2 amide bonds. The maximum atomic E-state index is 14.1. The zero-order chi connectivity index (χ0) is 28.2. The first-order chi connectivity index (χ1) is 19.4. The highest BCUT2D eigenvalue weighted by molar-refractivity contribution is 6.19. The summed E-state index contributed by atoms with van der Waals surface area (Å²) in [6, 6.07) is 18.5. The number of nitrogens with zero attached hydrogens (tertiary/aromatic N) is 2. The van der Waals surface area contributed by atoms with Crippen LogP contribution in [-0.2, 0) is 9.59 Å². The second-order valence-electron chi connectivity index (χ2n) is 9.15. The fourth-order valence-corrected chi connectivity index (χ4v) is 4.70. The van der Waals surface area contributed by atoms with E-state index in [9.17, 15) is 27.9 Å². The summed E-state index contributed by atoms with van der Waals surface area (Å²) in [6.45, 7) is -0.631. The van der Waals surface area contributed by atoms with E-state index in [0.29, 0.717) is 28.1 Å². The quantitative estimate of drug-likeness (QED) is 0.323. The molecule has 0 saturated carbocycles. The van der Waals surface area contributed by atoms with Crippen LogP contribution in [0.1, 0.15) is 34.1 Å². The summed E-state index contributed by atoms with van der Waals surface area (Å²) in [6.07, 6.45) is 1.76. The molecule has 40 heavy (non-hydrogen) atoms. The number of hydrogen-bond acceptors (Lipinski definition) is 5. The average Bonchev–Trinajstić information content (AvgIpc) is 3.10. The summed E-state index contributed by atoms with van der Waals surface area (Å²) in [7, 11) is 0. The van der Waals surface area contributed by atoms with E-state index < -0.39 is 53.9 Å². The number of carbonyl (C=O) groups excluding carboxylic acids is 2. The minimum absolute atomic E-state index is 0.143. The zero-order valence-electron chi connectivity index (χ0n) is 20.9. The minimum atomic E-state index is -1.39. The van der Waals surface area contributed by atoms with Crippen LogP contribution in [0.2, 0.25) is 0 Å². The van der Waals surface area contributed by atoms with Crippen LogP contribution in [0.4, 0.5) is 18.9 Å². The lowest BCUT2D eigenvalue weighted by Crippen LogP contribution is -2.45. The largest absolute Gasteiger partial charge is 0.396 e. The van der Waals surface area contributed by atoms with Crippen LogP contribution in [0, 0.1) is 17.5 Å². The highest BCUT2D eigenvalue weighted by Crippen LogP contribution is 2.34. The van der Waals surface area contributed by atoms with E-state index in [0.717, 1.165) is 24.3 Å². The summed E-state index contributed by atoms with van der Waals surface area (Å²) < 4.78 is 41.5. The lowest BCUT2D eigenvalue weighted by atomic mass is 9.81. The number of benzene rings is 3. The third-order valence-electron chi connectivity index (χ3n) is 6.66. The molecule has 3 N–H and O–H groups in total. The predicted octanol–water partition coefficient (Wildman–Crippen LogP) is 4.29. The van der Waals surface area contributed by atoms with E-state index in [1.807, 2.05) is 0 Å². The standard InChI is InChI=1S/C30H23F3N4O3/c31-20-8-5-17(6-9-20)26(22(16-38)19-7-10-23(32)24(33)15-19)29(39)37-28-30(40)35-25-4-2-1-3-21(25)27(36-28)18-11-13-34-14-12-18/h1-15,22,26,28,38H,16H2,(H,35,40)(H,37,39)/t22-,26+,28?/m0/s1. The van der Waals surface area contributed by atoms with Crippen molar-refractivity contribution in [2.45, 2.75) is 18.0 Å². The molecule has 0 bridgehead atoms. The molecule has 0 spiro atoms. The van der Waals surface area contributed by atoms with Gasteiger partial charge in [0.05, 0.1) is 23.9 Å². The van der Waals surface area contributed by atoms with Crippen molar-refractivity contribution in [3.05, 3.63) is 131 Å². The molecule has 202 valence electrons. The first-order valence-corrected chi connectivity index (χ1v) is 12.4. The van der Waals surface area contributed by atoms with Gasteiger partial charge in [-0.1, -0.05) is 36.4 Å². The van der Waals surface area contributed by atoms with Gasteiger partial charge >= 0.3 is 0 Å². The Hall–Kier alpha value is -4.83. The number of aromatic nitrogens is 1. The molecule has 1 aromatic heterocycles. The molecule has 10 heteroatoms. The molecule has 5 rings (SSSR count). The van der Waals surface area contributed by atoms with Crippen molar-refractivity contribution < 1.29 is 27.9 Å². The fourth-order valence-electron chi connectivity index (χ4n) is 4.70. The highest BCUT2D eigenvalue weighted by Gasteiger charge is 2.35. The normalized spacial score (nSPS) is 16.1. The Morgan fingerprint density at radius 1 is 0.925 bits per heavy atom. The van der Waals surface area contributed by atoms with Crippen molar-refractivity contribution in [2.24, 2.45) is 4.99 Å². The number of para-hydroxylation sites is 1. The Morgan fingerprint density at radius 2 is 1.62 bits per heavy atom. The van der Waals surface area contributed by atoms with Gasteiger partial charge in [0.1, 0.15) is 5.82 Å². The first-order valence-electron chi connectivity index (χ1n) is 12.4. The van der Waals surface area contributed by atoms with Gasteiger partial charge in [-0.05, 0) is 53.6 Å². The summed E-state index contributed by atoms with van der Waals surface area (Å²) in [4.78, 5) is 35.7. The molecule has 3 aromatic carbocycles. The Balaban J connectivity index is 1.55. The van der Waals surface area contributed by atoms with E-state index in [-0.39, 0.29) is 5.56 Å². The van der Waals surface area contributed by atoms with E-state index in [1.54, 1.807) is 48.8 Å². The molecule has 1 aliphatic rings. The highest BCUT2D eigenvalue weighted by atomic mass is 19.2. The molecule has 7 nitrogen and oxygen atoms in total. The molecule has 0 radical (unpaired) electrons. The van der Waals surface area contributed by atoms with Gasteiger partial charge in [-0.3, -0.25) is 14.6 Å². The van der Waals surface area contributed by atoms with Gasteiger partial charge < -0.3 is 15.7 Å². The lowest BCUT2D eigenvalue weighted by molar-refractivity contribution is -0.127. The minimum Gasteiger partial charge on any atom is -0.396 e. The van der Waals surface area contributed by atoms with Crippen LogP contribution in [0.3, 0.4) is 0 Å². The monoisotopic (exact) mass is 544 g/mol. The third-order valence-corrected chi connectivity index (χ3v) is 6.66. The Labute approximate surface area is 227 Å². The van der Waals surface area contributed by atoms with Crippen molar-refractivity contribution in [2.75, 3.05) is 11.9 Å². The summed E-state index contributed by atoms with van der Waals surface area (Å²) in [5.41, 5.74) is 2.64. The van der Waals surface area contributed by atoms with Crippen LogP contribution in [-0.4, -0.2) is 40.4 Å². The first kappa shape index (κ1) is 26.8. The maximum absolute atomic E-state index is 14.1. The number of aliphatic hydroxyl groups excluding tert-OH is 1. The van der Waals surface area contributed by atoms with Crippen LogP contribution in [0.25, 0.3) is 0 Å². The number of hydrogen-bond donors (Lipinski definition) is 3. The number of benzodiazepines with no additional fused rings is 1. The second-order valence-corrected chi connectivity index (χ2v) is 9.15. The van der Waals surface area contributed by atoms with Gasteiger partial charge in [0, 0.05) is 29.4 Å². The predicted molar refractivity (Wildman–Crippen MR) is 142 cm³/mol. The summed E-state index contributed by atoms with van der Waals surface area (Å²) in [5, 5.41) is 15.7. The molecule has 1 aliphatic heterocycles. The number of halogens is 3. The number of nitrogens with one attached hydrogen (secondary N) is 2. The van der Waals surface area contributed by atoms with E-state index in [2.05, 4.69) is 20.6 Å². The molecule has 0 aliphatic carbocycles. The van der Waals surface area contributed by atoms with Crippen molar-refractivity contribution in [3.8, 4) is 0 Å². The van der Waals surface area contributed by atoms with Crippen LogP contribution >= 0.6 is 0 Å². The molecule has 1 unspecified atom stereocenters. The molecular formula is C30H23F3N4O3. The van der Waals surface area contributed by atoms with Crippen molar-refractivity contribution in [1.29, 1.82) is 0 Å². The number of anilines is 1. The molecule has 3 atom stereocenters. The van der Waals surface area contributed by atoms with Crippen molar-refractivity contribution in [3.63, 3.8) is 0 Å². The number of aliphatic hydroxyl groups is 1. The number of rotatable bonds is 7. The molecule has 4 aromatic rings. The Kier molecular flexibility index (Phi) is 7.70. The molecule has 0 fully saturated rings. The smallest absolute Gasteiger partial charge is 0.269 e. The Bertz CT molecular complexity index is 1580. The van der Waals surface area contributed by atoms with Crippen LogP contribution in [0.15, 0.2) is 96.2 Å². The van der Waals surface area contributed by atoms with E-state index in [4.69, 9.17) is 0 Å². The number of amides is 2.